The van der Waals surface area contributed by atoms with Crippen molar-refractivity contribution in [2.75, 3.05) is 33.0 Å². The van der Waals surface area contributed by atoms with Gasteiger partial charge in [0.1, 0.15) is 116 Å². The molecule has 0 amide bonds. The zero-order valence-electron chi connectivity index (χ0n) is 44.0. The third-order valence-electron chi connectivity index (χ3n) is 19.1. The van der Waals surface area contributed by atoms with E-state index in [1.165, 1.54) is 0 Å². The summed E-state index contributed by atoms with van der Waals surface area (Å²) in [6.45, 7) is 6.83. The van der Waals surface area contributed by atoms with Gasteiger partial charge in [0.05, 0.1) is 44.6 Å². The summed E-state index contributed by atoms with van der Waals surface area (Å²) in [6, 6.07) is 0. The number of esters is 1. The molecule has 28 unspecified atom stereocenters. The number of carbonyl (C=O) groups is 1. The zero-order chi connectivity index (χ0) is 57.1. The topological polar surface area (TPSA) is 444 Å². The first-order valence-electron chi connectivity index (χ1n) is 27.2. The minimum absolute atomic E-state index is 0.00766. The molecule has 27 heteroatoms. The van der Waals surface area contributed by atoms with E-state index in [1.807, 2.05) is 6.92 Å². The molecular formula is C51H84O27. The fourth-order valence-electron chi connectivity index (χ4n) is 14.2. The van der Waals surface area contributed by atoms with Gasteiger partial charge in [0.2, 0.25) is 6.29 Å². The molecule has 3 aliphatic carbocycles. The average molecular weight is 1130 g/mol. The van der Waals surface area contributed by atoms with Crippen molar-refractivity contribution in [3.63, 3.8) is 0 Å². The van der Waals surface area contributed by atoms with Crippen LogP contribution in [0.15, 0.2) is 12.2 Å². The van der Waals surface area contributed by atoms with Gasteiger partial charge >= 0.3 is 5.97 Å². The smallest absolute Gasteiger partial charge is 0.314 e. The van der Waals surface area contributed by atoms with E-state index < -0.39 is 209 Å². The number of ether oxygens (including phenoxy) is 9. The lowest BCUT2D eigenvalue weighted by Crippen LogP contribution is -2.65. The lowest BCUT2D eigenvalue weighted by atomic mass is 9.45. The highest BCUT2D eigenvalue weighted by molar-refractivity contribution is 5.77. The maximum Gasteiger partial charge on any atom is 0.314 e. The van der Waals surface area contributed by atoms with Crippen LogP contribution in [-0.4, -0.2) is 279 Å². The fourth-order valence-corrected chi connectivity index (χ4v) is 14.2. The number of aliphatic hydroxyl groups excluding tert-OH is 17. The van der Waals surface area contributed by atoms with E-state index in [0.717, 1.165) is 12.0 Å². The SMILES string of the molecule is C=C1CC2CCC3[C@](C)(C(=O)OC4OC(CO)C(O)C(O)C4OC4OC(CO)C(O)C(O)C4O)CCC[C@@]3(C)[C@@H]2CCC1(C)CC1OC(COC2OC(CO)C(O)C(O)C2O)C(O)C(O)C1OC1OC(CO)C(O)C(O)C1O. The first-order valence-corrected chi connectivity index (χ1v) is 27.2. The van der Waals surface area contributed by atoms with Crippen molar-refractivity contribution in [1.29, 1.82) is 0 Å². The number of hydrogen-bond donors (Lipinski definition) is 17. The van der Waals surface area contributed by atoms with Gasteiger partial charge < -0.3 is 129 Å². The van der Waals surface area contributed by atoms with Gasteiger partial charge in [0.15, 0.2) is 25.0 Å². The monoisotopic (exact) mass is 1130 g/mol. The summed E-state index contributed by atoms with van der Waals surface area (Å²) in [5, 5.41) is 180. The molecule has 0 bridgehead atoms. The van der Waals surface area contributed by atoms with Gasteiger partial charge in [0, 0.05) is 0 Å². The van der Waals surface area contributed by atoms with Crippen LogP contribution in [0.25, 0.3) is 0 Å². The number of rotatable bonds is 15. The van der Waals surface area contributed by atoms with E-state index in [9.17, 15) is 91.6 Å². The van der Waals surface area contributed by atoms with Crippen molar-refractivity contribution < 1.29 is 134 Å². The summed E-state index contributed by atoms with van der Waals surface area (Å²) in [7, 11) is 0. The molecule has 27 nitrogen and oxygen atoms in total. The van der Waals surface area contributed by atoms with Gasteiger partial charge in [-0.15, -0.1) is 0 Å². The fraction of sp³-hybridized carbons (Fsp3) is 0.941. The second-order valence-corrected chi connectivity index (χ2v) is 23.8. The normalized spacial score (nSPS) is 53.2. The molecule has 5 saturated heterocycles. The van der Waals surface area contributed by atoms with Gasteiger partial charge in [-0.2, -0.15) is 0 Å². The van der Waals surface area contributed by atoms with E-state index in [0.29, 0.717) is 44.9 Å². The molecule has 0 aromatic heterocycles. The minimum atomic E-state index is -1.92. The van der Waals surface area contributed by atoms with Gasteiger partial charge in [-0.25, -0.2) is 0 Å². The van der Waals surface area contributed by atoms with E-state index in [2.05, 4.69) is 13.5 Å². The standard InChI is InChI=1S/C51H84O27/c1-19-12-20-6-7-28-50(3,9-5-10-51(28,4)48(69)78-47-43(38(65)32(59)26(17-55)75-47)77-46-41(68)36(63)31(58)25(16-54)74-46)21(20)8-11-49(19,2)13-22-42(76-45-40(67)35(62)30(57)24(15-53)73-45)37(64)33(60)27(71-22)18-70-44-39(66)34(61)29(56)23(14-52)72-44/h20-47,52-68H,1,5-18H2,2-4H3/t20?,21-,22?,23?,24?,25?,26?,27?,28?,29?,30?,31?,32?,33?,34?,35?,36?,37?,38?,39?,40?,41?,42?,43?,44?,45?,46?,47?,49?,50+,51-/m1/s1. The quantitative estimate of drug-likeness (QED) is 0.0536. The van der Waals surface area contributed by atoms with Crippen molar-refractivity contribution in [3.05, 3.63) is 12.2 Å². The zero-order valence-corrected chi connectivity index (χ0v) is 44.0. The van der Waals surface area contributed by atoms with Gasteiger partial charge in [-0.1, -0.05) is 32.4 Å². The molecule has 0 aromatic rings. The Morgan fingerprint density at radius 2 is 0.974 bits per heavy atom. The van der Waals surface area contributed by atoms with Crippen LogP contribution in [0, 0.1) is 34.0 Å². The molecule has 0 spiro atoms. The Labute approximate surface area is 450 Å². The van der Waals surface area contributed by atoms with E-state index in [4.69, 9.17) is 42.6 Å². The molecule has 78 heavy (non-hydrogen) atoms. The number of aliphatic hydroxyl groups is 17. The second-order valence-electron chi connectivity index (χ2n) is 23.8. The number of fused-ring (bicyclic) bond motifs is 3. The van der Waals surface area contributed by atoms with Crippen LogP contribution < -0.4 is 0 Å². The van der Waals surface area contributed by atoms with Crippen molar-refractivity contribution in [2.24, 2.45) is 34.0 Å². The highest BCUT2D eigenvalue weighted by Gasteiger charge is 2.62. The summed E-state index contributed by atoms with van der Waals surface area (Å²) in [6.07, 6.45) is -37.3. The highest BCUT2D eigenvalue weighted by Crippen LogP contribution is 2.65. The van der Waals surface area contributed by atoms with Crippen molar-refractivity contribution in [1.82, 2.24) is 0 Å². The predicted molar refractivity (Wildman–Crippen MR) is 257 cm³/mol. The Bertz CT molecular complexity index is 2000. The molecule has 31 atom stereocenters. The van der Waals surface area contributed by atoms with Gasteiger partial charge in [0.25, 0.3) is 0 Å². The number of allylic oxidation sites excluding steroid dienone is 1. The number of carbonyl (C=O) groups excluding carboxylic acids is 1. The van der Waals surface area contributed by atoms with Crippen molar-refractivity contribution >= 4 is 5.97 Å². The average Bonchev–Trinajstić information content (AvgIpc) is 3.76. The molecule has 8 aliphatic rings. The van der Waals surface area contributed by atoms with Gasteiger partial charge in [-0.05, 0) is 86.9 Å². The summed E-state index contributed by atoms with van der Waals surface area (Å²) in [5.74, 6) is -0.953. The Balaban J connectivity index is 1.01. The summed E-state index contributed by atoms with van der Waals surface area (Å²) < 4.78 is 52.9. The lowest BCUT2D eigenvalue weighted by molar-refractivity contribution is -0.363. The minimum Gasteiger partial charge on any atom is -0.432 e. The van der Waals surface area contributed by atoms with Crippen LogP contribution in [-0.2, 0) is 47.4 Å². The van der Waals surface area contributed by atoms with Crippen molar-refractivity contribution in [2.45, 2.75) is 232 Å². The maximum atomic E-state index is 14.9. The van der Waals surface area contributed by atoms with Crippen LogP contribution in [0.5, 0.6) is 0 Å². The molecule has 5 aliphatic heterocycles. The highest BCUT2D eigenvalue weighted by atomic mass is 16.8. The Morgan fingerprint density at radius 3 is 1.51 bits per heavy atom. The van der Waals surface area contributed by atoms with E-state index in [-0.39, 0.29) is 24.2 Å². The molecule has 450 valence electrons. The summed E-state index contributed by atoms with van der Waals surface area (Å²) in [4.78, 5) is 14.9. The van der Waals surface area contributed by atoms with Crippen molar-refractivity contribution in [3.8, 4) is 0 Å². The molecule has 5 heterocycles. The van der Waals surface area contributed by atoms with Crippen LogP contribution >= 0.6 is 0 Å². The Kier molecular flexibility index (Phi) is 19.8. The molecule has 8 fully saturated rings. The number of hydrogen-bond acceptors (Lipinski definition) is 27. The predicted octanol–water partition coefficient (Wildman–Crippen LogP) is -6.38. The Hall–Kier alpha value is -1.79. The molecule has 3 saturated carbocycles. The second kappa shape index (κ2) is 24.8. The van der Waals surface area contributed by atoms with Crippen LogP contribution in [0.1, 0.15) is 78.6 Å². The van der Waals surface area contributed by atoms with Crippen LogP contribution in [0.2, 0.25) is 0 Å². The third-order valence-corrected chi connectivity index (χ3v) is 19.1. The maximum absolute atomic E-state index is 14.9. The Morgan fingerprint density at radius 1 is 0.513 bits per heavy atom. The van der Waals surface area contributed by atoms with E-state index >= 15 is 0 Å². The molecular weight excluding hydrogens is 1040 g/mol. The summed E-state index contributed by atoms with van der Waals surface area (Å²) >= 11 is 0. The summed E-state index contributed by atoms with van der Waals surface area (Å²) in [5.41, 5.74) is -1.66. The molecule has 0 radical (unpaired) electrons. The van der Waals surface area contributed by atoms with Crippen LogP contribution in [0.3, 0.4) is 0 Å². The first kappa shape index (κ1) is 62.3. The molecule has 8 rings (SSSR count). The molecule has 17 N–H and O–H groups in total. The van der Waals surface area contributed by atoms with E-state index in [1.54, 1.807) is 6.92 Å². The van der Waals surface area contributed by atoms with Gasteiger partial charge in [-0.3, -0.25) is 4.79 Å². The first-order chi connectivity index (χ1) is 36.8. The molecule has 0 aromatic carbocycles. The third kappa shape index (κ3) is 11.6. The van der Waals surface area contributed by atoms with Crippen LogP contribution in [0.4, 0.5) is 0 Å². The lowest BCUT2D eigenvalue weighted by Gasteiger charge is -2.59. The largest absolute Gasteiger partial charge is 0.432 e.